The highest BCUT2D eigenvalue weighted by molar-refractivity contribution is 7.87. The standard InChI is InChI=1S/C13H23N3O3S/c1-2-12-3-5-13(11-14,6-4-12)15-20(17,18)16-7-9-19-10-8-16/h12,15H,2-10H2,1H3. The summed E-state index contributed by atoms with van der Waals surface area (Å²) in [7, 11) is -3.60. The largest absolute Gasteiger partial charge is 0.379 e. The van der Waals surface area contributed by atoms with E-state index in [1.54, 1.807) is 0 Å². The Bertz CT molecular complexity index is 458. The van der Waals surface area contributed by atoms with Crippen LogP contribution in [-0.4, -0.2) is 44.6 Å². The van der Waals surface area contributed by atoms with E-state index >= 15 is 0 Å². The molecule has 0 aromatic heterocycles. The Kier molecular flexibility index (Phi) is 5.02. The Hall–Kier alpha value is -0.680. The van der Waals surface area contributed by atoms with E-state index in [0.717, 1.165) is 19.3 Å². The van der Waals surface area contributed by atoms with E-state index in [-0.39, 0.29) is 0 Å². The number of ether oxygens (including phenoxy) is 1. The third-order valence-electron chi connectivity index (χ3n) is 4.38. The van der Waals surface area contributed by atoms with Gasteiger partial charge in [-0.25, -0.2) is 0 Å². The molecule has 0 unspecified atom stereocenters. The van der Waals surface area contributed by atoms with Gasteiger partial charge in [0.05, 0.1) is 19.3 Å². The minimum absolute atomic E-state index is 0.356. The number of nitriles is 1. The minimum atomic E-state index is -3.60. The molecule has 0 aromatic rings. The molecule has 1 N–H and O–H groups in total. The van der Waals surface area contributed by atoms with Crippen molar-refractivity contribution in [3.8, 4) is 6.07 Å². The van der Waals surface area contributed by atoms with Gasteiger partial charge < -0.3 is 4.74 Å². The molecule has 1 saturated carbocycles. The molecule has 0 radical (unpaired) electrons. The van der Waals surface area contributed by atoms with E-state index in [0.29, 0.717) is 45.1 Å². The number of hydrogen-bond acceptors (Lipinski definition) is 4. The van der Waals surface area contributed by atoms with Crippen molar-refractivity contribution in [1.82, 2.24) is 9.03 Å². The van der Waals surface area contributed by atoms with Crippen molar-refractivity contribution in [3.05, 3.63) is 0 Å². The average molecular weight is 301 g/mol. The van der Waals surface area contributed by atoms with Crippen LogP contribution >= 0.6 is 0 Å². The molecule has 2 rings (SSSR count). The van der Waals surface area contributed by atoms with Crippen molar-refractivity contribution >= 4 is 10.2 Å². The smallest absolute Gasteiger partial charge is 0.280 e. The van der Waals surface area contributed by atoms with E-state index in [2.05, 4.69) is 17.7 Å². The summed E-state index contributed by atoms with van der Waals surface area (Å²) in [5, 5.41) is 9.44. The van der Waals surface area contributed by atoms with Crippen LogP contribution < -0.4 is 4.72 Å². The van der Waals surface area contributed by atoms with Gasteiger partial charge in [0.2, 0.25) is 0 Å². The van der Waals surface area contributed by atoms with E-state index in [1.807, 2.05) is 0 Å². The van der Waals surface area contributed by atoms with Crippen LogP contribution in [0.25, 0.3) is 0 Å². The zero-order chi connectivity index (χ0) is 14.6. The molecule has 1 saturated heterocycles. The summed E-state index contributed by atoms with van der Waals surface area (Å²) in [4.78, 5) is 0. The van der Waals surface area contributed by atoms with Crippen LogP contribution in [0, 0.1) is 17.2 Å². The molecule has 1 aliphatic heterocycles. The lowest BCUT2D eigenvalue weighted by atomic mass is 9.77. The number of hydrogen-bond donors (Lipinski definition) is 1. The molecule has 1 heterocycles. The van der Waals surface area contributed by atoms with Gasteiger partial charge in [-0.2, -0.15) is 22.7 Å². The Morgan fingerprint density at radius 3 is 2.45 bits per heavy atom. The second-order valence-corrected chi connectivity index (χ2v) is 7.33. The van der Waals surface area contributed by atoms with Gasteiger partial charge >= 0.3 is 0 Å². The summed E-state index contributed by atoms with van der Waals surface area (Å²) in [6, 6.07) is 2.21. The topological polar surface area (TPSA) is 82.4 Å². The Labute approximate surface area is 121 Å². The molecule has 114 valence electrons. The fourth-order valence-electron chi connectivity index (χ4n) is 2.91. The summed E-state index contributed by atoms with van der Waals surface area (Å²) < 4.78 is 34.0. The molecule has 0 atom stereocenters. The SMILES string of the molecule is CCC1CCC(C#N)(NS(=O)(=O)N2CCOCC2)CC1. The average Bonchev–Trinajstić information content (AvgIpc) is 2.48. The monoisotopic (exact) mass is 301 g/mol. The minimum Gasteiger partial charge on any atom is -0.379 e. The number of rotatable bonds is 4. The second-order valence-electron chi connectivity index (χ2n) is 5.66. The molecule has 6 nitrogen and oxygen atoms in total. The highest BCUT2D eigenvalue weighted by Crippen LogP contribution is 2.34. The van der Waals surface area contributed by atoms with Crippen LogP contribution in [0.4, 0.5) is 0 Å². The van der Waals surface area contributed by atoms with Crippen molar-refractivity contribution in [3.63, 3.8) is 0 Å². The number of nitrogens with one attached hydrogen (secondary N) is 1. The predicted molar refractivity (Wildman–Crippen MR) is 75.0 cm³/mol. The molecule has 20 heavy (non-hydrogen) atoms. The molecular formula is C13H23N3O3S. The van der Waals surface area contributed by atoms with Gasteiger partial charge in [0.1, 0.15) is 5.54 Å². The highest BCUT2D eigenvalue weighted by atomic mass is 32.2. The third kappa shape index (κ3) is 3.50. The summed E-state index contributed by atoms with van der Waals surface area (Å²) in [5.74, 6) is 0.615. The molecule has 2 fully saturated rings. The van der Waals surface area contributed by atoms with Crippen molar-refractivity contribution in [2.24, 2.45) is 5.92 Å². The first-order valence-corrected chi connectivity index (χ1v) is 8.73. The molecule has 2 aliphatic rings. The molecule has 1 aliphatic carbocycles. The molecular weight excluding hydrogens is 278 g/mol. The van der Waals surface area contributed by atoms with Gasteiger partial charge in [-0.15, -0.1) is 0 Å². The summed E-state index contributed by atoms with van der Waals surface area (Å²) in [6.07, 6.45) is 4.13. The molecule has 0 aromatic carbocycles. The van der Waals surface area contributed by atoms with Gasteiger partial charge in [-0.3, -0.25) is 0 Å². The fourth-order valence-corrected chi connectivity index (χ4v) is 4.42. The Balaban J connectivity index is 2.04. The van der Waals surface area contributed by atoms with Gasteiger partial charge in [-0.1, -0.05) is 13.3 Å². The number of nitrogens with zero attached hydrogens (tertiary/aromatic N) is 2. The molecule has 0 bridgehead atoms. The summed E-state index contributed by atoms with van der Waals surface area (Å²) in [6.45, 7) is 3.68. The molecule has 0 amide bonds. The highest BCUT2D eigenvalue weighted by Gasteiger charge is 2.40. The zero-order valence-electron chi connectivity index (χ0n) is 12.0. The van der Waals surface area contributed by atoms with E-state index in [4.69, 9.17) is 4.74 Å². The van der Waals surface area contributed by atoms with E-state index in [1.165, 1.54) is 4.31 Å². The van der Waals surface area contributed by atoms with Crippen molar-refractivity contribution in [1.29, 1.82) is 5.26 Å². The number of morpholine rings is 1. The molecule has 7 heteroatoms. The van der Waals surface area contributed by atoms with Crippen LogP contribution in [0.1, 0.15) is 39.0 Å². The van der Waals surface area contributed by atoms with Gasteiger partial charge in [0, 0.05) is 13.1 Å². The quantitative estimate of drug-likeness (QED) is 0.840. The third-order valence-corrected chi connectivity index (χ3v) is 6.08. The maximum Gasteiger partial charge on any atom is 0.280 e. The summed E-state index contributed by atoms with van der Waals surface area (Å²) >= 11 is 0. The van der Waals surface area contributed by atoms with Crippen molar-refractivity contribution in [2.45, 2.75) is 44.6 Å². The lowest BCUT2D eigenvalue weighted by Gasteiger charge is -2.37. The molecule has 0 spiro atoms. The fraction of sp³-hybridized carbons (Fsp3) is 0.923. The van der Waals surface area contributed by atoms with Crippen LogP contribution in [0.3, 0.4) is 0 Å². The first kappa shape index (κ1) is 15.7. The van der Waals surface area contributed by atoms with Crippen LogP contribution in [0.5, 0.6) is 0 Å². The van der Waals surface area contributed by atoms with Crippen LogP contribution in [0.2, 0.25) is 0 Å². The van der Waals surface area contributed by atoms with Gasteiger partial charge in [0.25, 0.3) is 10.2 Å². The second kappa shape index (κ2) is 6.39. The predicted octanol–water partition coefficient (Wildman–Crippen LogP) is 1.02. The van der Waals surface area contributed by atoms with E-state index in [9.17, 15) is 13.7 Å². The normalized spacial score (nSPS) is 32.7. The first-order chi connectivity index (χ1) is 9.51. The maximum atomic E-state index is 12.4. The zero-order valence-corrected chi connectivity index (χ0v) is 12.8. The van der Waals surface area contributed by atoms with Crippen molar-refractivity contribution < 1.29 is 13.2 Å². The van der Waals surface area contributed by atoms with Crippen LogP contribution in [-0.2, 0) is 14.9 Å². The maximum absolute atomic E-state index is 12.4. The Morgan fingerprint density at radius 1 is 1.35 bits per heavy atom. The van der Waals surface area contributed by atoms with E-state index < -0.39 is 15.7 Å². The Morgan fingerprint density at radius 2 is 1.95 bits per heavy atom. The van der Waals surface area contributed by atoms with Gasteiger partial charge in [0.15, 0.2) is 0 Å². The first-order valence-electron chi connectivity index (χ1n) is 7.29. The lowest BCUT2D eigenvalue weighted by molar-refractivity contribution is 0.0718. The van der Waals surface area contributed by atoms with Crippen molar-refractivity contribution in [2.75, 3.05) is 26.3 Å². The lowest BCUT2D eigenvalue weighted by Crippen LogP contribution is -2.56. The van der Waals surface area contributed by atoms with Gasteiger partial charge in [-0.05, 0) is 31.6 Å². The van der Waals surface area contributed by atoms with Crippen LogP contribution in [0.15, 0.2) is 0 Å². The summed E-state index contributed by atoms with van der Waals surface area (Å²) in [5.41, 5.74) is -0.928.